The third-order valence-electron chi connectivity index (χ3n) is 2.38. The van der Waals surface area contributed by atoms with E-state index in [0.717, 1.165) is 0 Å². The summed E-state index contributed by atoms with van der Waals surface area (Å²) in [6, 6.07) is 6.35. The maximum absolute atomic E-state index is 13.3. The molecule has 0 saturated carbocycles. The van der Waals surface area contributed by atoms with E-state index in [9.17, 15) is 4.39 Å². The van der Waals surface area contributed by atoms with Gasteiger partial charge in [0.1, 0.15) is 17.4 Å². The molecule has 16 heavy (non-hydrogen) atoms. The summed E-state index contributed by atoms with van der Waals surface area (Å²) in [6.07, 6.45) is 0. The molecule has 0 spiro atoms. The van der Waals surface area contributed by atoms with E-state index in [2.05, 4.69) is 5.32 Å². The highest BCUT2D eigenvalue weighted by molar-refractivity contribution is 5.58. The molecule has 0 aromatic heterocycles. The molecule has 0 unspecified atom stereocenters. The highest BCUT2D eigenvalue weighted by atomic mass is 19.1. The van der Waals surface area contributed by atoms with Crippen LogP contribution in [0.5, 0.6) is 0 Å². The van der Waals surface area contributed by atoms with Crippen LogP contribution in [0.3, 0.4) is 0 Å². The van der Waals surface area contributed by atoms with E-state index in [1.165, 1.54) is 6.07 Å². The summed E-state index contributed by atoms with van der Waals surface area (Å²) < 4.78 is 18.5. The van der Waals surface area contributed by atoms with Crippen LogP contribution in [-0.4, -0.2) is 19.3 Å². The molecule has 0 atom stereocenters. The van der Waals surface area contributed by atoms with Crippen LogP contribution >= 0.6 is 0 Å². The molecule has 0 amide bonds. The Bertz CT molecular complexity index is 410. The summed E-state index contributed by atoms with van der Waals surface area (Å²) in [6.45, 7) is 4.32. The topological polar surface area (TPSA) is 45.0 Å². The van der Waals surface area contributed by atoms with Crippen LogP contribution in [-0.2, 0) is 4.74 Å². The fraction of sp³-hybridized carbons (Fsp3) is 0.417. The number of nitriles is 1. The molecule has 4 heteroatoms. The molecule has 3 nitrogen and oxygen atoms in total. The Morgan fingerprint density at radius 3 is 2.75 bits per heavy atom. The predicted molar refractivity (Wildman–Crippen MR) is 60.7 cm³/mol. The first-order chi connectivity index (χ1) is 7.50. The van der Waals surface area contributed by atoms with E-state index in [1.54, 1.807) is 19.2 Å². The van der Waals surface area contributed by atoms with Crippen LogP contribution in [0.2, 0.25) is 0 Å². The van der Waals surface area contributed by atoms with Crippen LogP contribution in [0.1, 0.15) is 19.4 Å². The minimum atomic E-state index is -0.511. The average Bonchev–Trinajstić information content (AvgIpc) is 2.26. The number of nitrogens with one attached hydrogen (secondary N) is 1. The van der Waals surface area contributed by atoms with Gasteiger partial charge in [0.25, 0.3) is 0 Å². The van der Waals surface area contributed by atoms with Crippen molar-refractivity contribution < 1.29 is 9.13 Å². The fourth-order valence-corrected chi connectivity index (χ4v) is 1.17. The van der Waals surface area contributed by atoms with Crippen LogP contribution in [0.4, 0.5) is 10.1 Å². The minimum Gasteiger partial charge on any atom is -0.381 e. The van der Waals surface area contributed by atoms with Gasteiger partial charge in [-0.25, -0.2) is 4.39 Å². The van der Waals surface area contributed by atoms with E-state index >= 15 is 0 Å². The normalized spacial score (nSPS) is 10.9. The second-order valence-electron chi connectivity index (χ2n) is 4.09. The van der Waals surface area contributed by atoms with Gasteiger partial charge >= 0.3 is 0 Å². The Labute approximate surface area is 94.8 Å². The van der Waals surface area contributed by atoms with Gasteiger partial charge in [-0.15, -0.1) is 0 Å². The predicted octanol–water partition coefficient (Wildman–Crippen LogP) is 2.53. The lowest BCUT2D eigenvalue weighted by molar-refractivity contribution is 0.0344. The maximum atomic E-state index is 13.3. The van der Waals surface area contributed by atoms with Gasteiger partial charge in [0, 0.05) is 13.7 Å². The standard InChI is InChI=1S/C12H15FN2O/c1-12(2,16-3)8-15-11-6-4-5-10(13)9(11)7-14/h4-6,15H,8H2,1-3H3. The van der Waals surface area contributed by atoms with Crippen LogP contribution in [0, 0.1) is 17.1 Å². The number of halogens is 1. The molecular formula is C12H15FN2O. The largest absolute Gasteiger partial charge is 0.381 e. The van der Waals surface area contributed by atoms with Crippen LogP contribution < -0.4 is 5.32 Å². The minimum absolute atomic E-state index is 0.0365. The van der Waals surface area contributed by atoms with Crippen molar-refractivity contribution in [1.82, 2.24) is 0 Å². The number of ether oxygens (including phenoxy) is 1. The van der Waals surface area contributed by atoms with Crippen molar-refractivity contribution in [1.29, 1.82) is 5.26 Å². The molecule has 0 heterocycles. The summed E-state index contributed by atoms with van der Waals surface area (Å²) in [7, 11) is 1.61. The molecule has 0 aliphatic heterocycles. The lowest BCUT2D eigenvalue weighted by atomic mass is 10.1. The van der Waals surface area contributed by atoms with Crippen molar-refractivity contribution in [3.8, 4) is 6.07 Å². The lowest BCUT2D eigenvalue weighted by Gasteiger charge is -2.24. The molecule has 0 aliphatic rings. The molecular weight excluding hydrogens is 207 g/mol. The number of methoxy groups -OCH3 is 1. The summed E-state index contributed by atoms with van der Waals surface area (Å²) in [4.78, 5) is 0. The third kappa shape index (κ3) is 2.94. The van der Waals surface area contributed by atoms with Gasteiger partial charge in [-0.05, 0) is 26.0 Å². The number of rotatable bonds is 4. The highest BCUT2D eigenvalue weighted by Crippen LogP contribution is 2.19. The van der Waals surface area contributed by atoms with Crippen molar-refractivity contribution >= 4 is 5.69 Å². The lowest BCUT2D eigenvalue weighted by Crippen LogP contribution is -2.32. The van der Waals surface area contributed by atoms with Crippen LogP contribution in [0.25, 0.3) is 0 Å². The van der Waals surface area contributed by atoms with Crippen molar-refractivity contribution in [3.63, 3.8) is 0 Å². The molecule has 0 radical (unpaired) electrons. The molecule has 1 aromatic carbocycles. The first-order valence-electron chi connectivity index (χ1n) is 4.98. The molecule has 1 N–H and O–H groups in total. The van der Waals surface area contributed by atoms with E-state index in [4.69, 9.17) is 10.00 Å². The van der Waals surface area contributed by atoms with Crippen LogP contribution in [0.15, 0.2) is 18.2 Å². The summed E-state index contributed by atoms with van der Waals surface area (Å²) in [5, 5.41) is 11.8. The molecule has 0 bridgehead atoms. The summed E-state index contributed by atoms with van der Waals surface area (Å²) in [5.41, 5.74) is 0.168. The van der Waals surface area contributed by atoms with Gasteiger partial charge in [-0.2, -0.15) is 5.26 Å². The Morgan fingerprint density at radius 1 is 1.50 bits per heavy atom. The van der Waals surface area contributed by atoms with Crippen molar-refractivity contribution in [2.45, 2.75) is 19.4 Å². The smallest absolute Gasteiger partial charge is 0.143 e. The molecule has 0 saturated heterocycles. The summed E-state index contributed by atoms with van der Waals surface area (Å²) >= 11 is 0. The van der Waals surface area contributed by atoms with E-state index in [1.807, 2.05) is 19.9 Å². The monoisotopic (exact) mass is 222 g/mol. The zero-order valence-corrected chi connectivity index (χ0v) is 9.67. The third-order valence-corrected chi connectivity index (χ3v) is 2.38. The highest BCUT2D eigenvalue weighted by Gasteiger charge is 2.17. The summed E-state index contributed by atoms with van der Waals surface area (Å²) in [5.74, 6) is -0.511. The van der Waals surface area contributed by atoms with Gasteiger partial charge in [0.2, 0.25) is 0 Å². The fourth-order valence-electron chi connectivity index (χ4n) is 1.17. The van der Waals surface area contributed by atoms with Crippen molar-refractivity contribution in [2.24, 2.45) is 0 Å². The first-order valence-corrected chi connectivity index (χ1v) is 4.98. The van der Waals surface area contributed by atoms with E-state index in [-0.39, 0.29) is 11.2 Å². The molecule has 0 fully saturated rings. The number of nitrogens with zero attached hydrogens (tertiary/aromatic N) is 1. The maximum Gasteiger partial charge on any atom is 0.143 e. The van der Waals surface area contributed by atoms with Crippen molar-refractivity contribution in [2.75, 3.05) is 19.0 Å². The Balaban J connectivity index is 2.83. The quantitative estimate of drug-likeness (QED) is 0.851. The molecule has 1 rings (SSSR count). The van der Waals surface area contributed by atoms with Gasteiger partial charge in [-0.3, -0.25) is 0 Å². The van der Waals surface area contributed by atoms with Gasteiger partial charge < -0.3 is 10.1 Å². The Morgan fingerprint density at radius 2 is 2.19 bits per heavy atom. The number of anilines is 1. The molecule has 1 aromatic rings. The molecule has 0 aliphatic carbocycles. The Kier molecular flexibility index (Phi) is 3.86. The number of hydrogen-bond donors (Lipinski definition) is 1. The molecule has 86 valence electrons. The van der Waals surface area contributed by atoms with Gasteiger partial charge in [0.15, 0.2) is 0 Å². The SMILES string of the molecule is COC(C)(C)CNc1cccc(F)c1C#N. The van der Waals surface area contributed by atoms with Crippen molar-refractivity contribution in [3.05, 3.63) is 29.6 Å². The first kappa shape index (κ1) is 12.5. The van der Waals surface area contributed by atoms with E-state index in [0.29, 0.717) is 12.2 Å². The van der Waals surface area contributed by atoms with Gasteiger partial charge in [-0.1, -0.05) is 6.07 Å². The number of benzene rings is 1. The second kappa shape index (κ2) is 4.95. The zero-order valence-electron chi connectivity index (χ0n) is 9.67. The second-order valence-corrected chi connectivity index (χ2v) is 4.09. The Hall–Kier alpha value is -1.60. The average molecular weight is 222 g/mol. The number of hydrogen-bond acceptors (Lipinski definition) is 3. The van der Waals surface area contributed by atoms with E-state index < -0.39 is 5.82 Å². The zero-order chi connectivity index (χ0) is 12.2. The van der Waals surface area contributed by atoms with Gasteiger partial charge in [0.05, 0.1) is 11.3 Å².